The number of hydrogen-bond acceptors (Lipinski definition) is 4. The van der Waals surface area contributed by atoms with Crippen LogP contribution in [0.3, 0.4) is 0 Å². The van der Waals surface area contributed by atoms with Crippen molar-refractivity contribution >= 4 is 21.3 Å². The molecule has 0 saturated heterocycles. The third kappa shape index (κ3) is 3.34. The van der Waals surface area contributed by atoms with Gasteiger partial charge in [-0.1, -0.05) is 18.2 Å². The summed E-state index contributed by atoms with van der Waals surface area (Å²) in [7, 11) is -4.92. The van der Waals surface area contributed by atoms with Gasteiger partial charge in [0.15, 0.2) is 12.3 Å². The third-order valence-corrected chi connectivity index (χ3v) is 3.68. The molecule has 1 aliphatic heterocycles. The molecular weight excluding hydrogens is 320 g/mol. The SMILES string of the molecule is O=S(=O)([O-])O.Oc1ccc2[n+](c1)CCc1c-2[nH]c2ccccc12. The number of H-pyrrole nitrogens is 1. The monoisotopic (exact) mass is 334 g/mol. The summed E-state index contributed by atoms with van der Waals surface area (Å²) in [6.45, 7) is 0.915. The standard InChI is InChI=1S/C15H12N2O.H2O4S/c18-10-5-6-14-15-12(7-8-17(14)9-10)11-3-1-2-4-13(11)16-15;1-5(2,3)4/h1-6,9,18H,7-8H2;(H2,1,2,3,4). The smallest absolute Gasteiger partial charge is 0.229 e. The van der Waals surface area contributed by atoms with Crippen molar-refractivity contribution in [2.24, 2.45) is 0 Å². The molecule has 4 rings (SSSR count). The van der Waals surface area contributed by atoms with Crippen LogP contribution in [0.5, 0.6) is 5.75 Å². The minimum Gasteiger partial charge on any atom is -0.726 e. The Morgan fingerprint density at radius 3 is 2.61 bits per heavy atom. The number of hydrogen-bond donors (Lipinski definition) is 3. The molecule has 0 atom stereocenters. The number of benzene rings is 1. The molecule has 3 N–H and O–H groups in total. The lowest BCUT2D eigenvalue weighted by Crippen LogP contribution is -2.39. The van der Waals surface area contributed by atoms with Crippen molar-refractivity contribution in [3.8, 4) is 17.1 Å². The van der Waals surface area contributed by atoms with Crippen molar-refractivity contribution < 1.29 is 27.2 Å². The van der Waals surface area contributed by atoms with Crippen LogP contribution >= 0.6 is 0 Å². The normalized spacial score (nSPS) is 13.0. The molecule has 2 aromatic heterocycles. The van der Waals surface area contributed by atoms with E-state index in [4.69, 9.17) is 17.5 Å². The zero-order valence-electron chi connectivity index (χ0n) is 11.9. The Hall–Kier alpha value is -2.42. The van der Waals surface area contributed by atoms with E-state index in [9.17, 15) is 5.11 Å². The highest BCUT2D eigenvalue weighted by molar-refractivity contribution is 7.79. The first kappa shape index (κ1) is 15.5. The molecule has 1 aliphatic rings. The highest BCUT2D eigenvalue weighted by Crippen LogP contribution is 2.31. The van der Waals surface area contributed by atoms with Crippen LogP contribution < -0.4 is 4.57 Å². The molecule has 23 heavy (non-hydrogen) atoms. The van der Waals surface area contributed by atoms with E-state index >= 15 is 0 Å². The van der Waals surface area contributed by atoms with Gasteiger partial charge in [0.2, 0.25) is 22.3 Å². The van der Waals surface area contributed by atoms with E-state index in [1.165, 1.54) is 22.2 Å². The molecule has 0 unspecified atom stereocenters. The molecule has 7 nitrogen and oxygen atoms in total. The minimum absolute atomic E-state index is 0.318. The van der Waals surface area contributed by atoms with Crippen molar-refractivity contribution in [1.82, 2.24) is 4.98 Å². The van der Waals surface area contributed by atoms with E-state index in [-0.39, 0.29) is 0 Å². The minimum atomic E-state index is -4.92. The van der Waals surface area contributed by atoms with E-state index in [1.807, 2.05) is 6.07 Å². The highest BCUT2D eigenvalue weighted by atomic mass is 32.3. The van der Waals surface area contributed by atoms with Crippen molar-refractivity contribution in [2.45, 2.75) is 13.0 Å². The molecule has 1 aromatic carbocycles. The molecule has 8 heteroatoms. The molecular formula is C15H14N2O5S. The van der Waals surface area contributed by atoms with Gasteiger partial charge >= 0.3 is 0 Å². The van der Waals surface area contributed by atoms with E-state index in [0.717, 1.165) is 18.7 Å². The van der Waals surface area contributed by atoms with Crippen LogP contribution in [-0.4, -0.2) is 27.6 Å². The zero-order valence-corrected chi connectivity index (χ0v) is 12.7. The molecule has 120 valence electrons. The molecule has 0 fully saturated rings. The summed E-state index contributed by atoms with van der Waals surface area (Å²) in [5.41, 5.74) is 4.90. The van der Waals surface area contributed by atoms with E-state index in [2.05, 4.69) is 33.8 Å². The highest BCUT2D eigenvalue weighted by Gasteiger charge is 2.26. The van der Waals surface area contributed by atoms with Gasteiger partial charge in [0.05, 0.1) is 0 Å². The lowest BCUT2D eigenvalue weighted by molar-refractivity contribution is -0.688. The predicted molar refractivity (Wildman–Crippen MR) is 81.6 cm³/mol. The van der Waals surface area contributed by atoms with Crippen LogP contribution in [0.1, 0.15) is 5.56 Å². The number of aryl methyl sites for hydroxylation is 2. The first-order valence-corrected chi connectivity index (χ1v) is 8.20. The topological polar surface area (TPSA) is 117 Å². The Balaban J connectivity index is 0.000000276. The summed E-state index contributed by atoms with van der Waals surface area (Å²) in [5, 5.41) is 10.9. The quantitative estimate of drug-likeness (QED) is 0.326. The zero-order chi connectivity index (χ0) is 16.6. The maximum atomic E-state index is 9.54. The van der Waals surface area contributed by atoms with Crippen LogP contribution in [0, 0.1) is 0 Å². The number of nitrogens with zero attached hydrogens (tertiary/aromatic N) is 1. The number of fused-ring (bicyclic) bond motifs is 5. The van der Waals surface area contributed by atoms with Gasteiger partial charge in [0.25, 0.3) is 0 Å². The number of aromatic amines is 1. The summed E-state index contributed by atoms with van der Waals surface area (Å²) in [5.74, 6) is 0.318. The Bertz CT molecular complexity index is 971. The summed E-state index contributed by atoms with van der Waals surface area (Å²) in [6.07, 6.45) is 2.80. The maximum absolute atomic E-state index is 9.54. The van der Waals surface area contributed by atoms with Gasteiger partial charge in [-0.3, -0.25) is 4.55 Å². The van der Waals surface area contributed by atoms with Crippen molar-refractivity contribution in [3.05, 3.63) is 48.2 Å². The van der Waals surface area contributed by atoms with Crippen LogP contribution in [-0.2, 0) is 23.4 Å². The van der Waals surface area contributed by atoms with Gasteiger partial charge in [-0.2, -0.15) is 4.57 Å². The van der Waals surface area contributed by atoms with Gasteiger partial charge < -0.3 is 14.6 Å². The van der Waals surface area contributed by atoms with Crippen LogP contribution in [0.4, 0.5) is 0 Å². The molecule has 0 amide bonds. The van der Waals surface area contributed by atoms with E-state index < -0.39 is 10.4 Å². The van der Waals surface area contributed by atoms with Crippen molar-refractivity contribution in [2.75, 3.05) is 0 Å². The van der Waals surface area contributed by atoms with Gasteiger partial charge in [0, 0.05) is 23.4 Å². The summed E-state index contributed by atoms with van der Waals surface area (Å²) < 4.78 is 34.9. The fourth-order valence-electron chi connectivity index (χ4n) is 2.85. The number of nitrogens with one attached hydrogen (secondary N) is 1. The Labute approximate surface area is 132 Å². The molecule has 0 aliphatic carbocycles. The second kappa shape index (κ2) is 5.65. The van der Waals surface area contributed by atoms with Gasteiger partial charge in [0.1, 0.15) is 5.69 Å². The summed E-state index contributed by atoms with van der Waals surface area (Å²) in [6, 6.07) is 12.1. The average molecular weight is 334 g/mol. The third-order valence-electron chi connectivity index (χ3n) is 3.68. The number of para-hydroxylation sites is 1. The maximum Gasteiger partial charge on any atom is 0.229 e. The first-order valence-electron chi connectivity index (χ1n) is 6.83. The molecule has 0 radical (unpaired) electrons. The Morgan fingerprint density at radius 1 is 1.17 bits per heavy atom. The fourth-order valence-corrected chi connectivity index (χ4v) is 2.85. The van der Waals surface area contributed by atoms with Crippen LogP contribution in [0.2, 0.25) is 0 Å². The van der Waals surface area contributed by atoms with Crippen molar-refractivity contribution in [1.29, 1.82) is 0 Å². The average Bonchev–Trinajstić information content (AvgIpc) is 2.84. The lowest BCUT2D eigenvalue weighted by atomic mass is 10.0. The summed E-state index contributed by atoms with van der Waals surface area (Å²) >= 11 is 0. The van der Waals surface area contributed by atoms with Gasteiger partial charge in [-0.15, -0.1) is 0 Å². The Morgan fingerprint density at radius 2 is 1.87 bits per heavy atom. The van der Waals surface area contributed by atoms with Crippen molar-refractivity contribution in [3.63, 3.8) is 0 Å². The second-order valence-corrected chi connectivity index (χ2v) is 6.02. The van der Waals surface area contributed by atoms with Gasteiger partial charge in [-0.25, -0.2) is 8.42 Å². The number of pyridine rings is 1. The first-order chi connectivity index (χ1) is 10.8. The lowest BCUT2D eigenvalue weighted by Gasteiger charge is -2.10. The molecule has 0 spiro atoms. The number of aromatic hydroxyl groups is 1. The number of aromatic nitrogens is 2. The van der Waals surface area contributed by atoms with Crippen LogP contribution in [0.25, 0.3) is 22.3 Å². The molecule has 3 aromatic rings. The van der Waals surface area contributed by atoms with Crippen LogP contribution in [0.15, 0.2) is 42.6 Å². The molecule has 0 saturated carbocycles. The van der Waals surface area contributed by atoms with E-state index in [1.54, 1.807) is 12.3 Å². The summed E-state index contributed by atoms with van der Waals surface area (Å²) in [4.78, 5) is 3.49. The second-order valence-electron chi connectivity index (χ2n) is 5.17. The van der Waals surface area contributed by atoms with E-state index in [0.29, 0.717) is 5.75 Å². The Kier molecular flexibility index (Phi) is 3.80. The largest absolute Gasteiger partial charge is 0.726 e. The fraction of sp³-hybridized carbons (Fsp3) is 0.133. The molecule has 3 heterocycles. The molecule has 0 bridgehead atoms. The predicted octanol–water partition coefficient (Wildman–Crippen LogP) is 1.39. The van der Waals surface area contributed by atoms with Gasteiger partial charge in [-0.05, 0) is 17.7 Å². The number of rotatable bonds is 0.